The zero-order chi connectivity index (χ0) is 12.7. The maximum Gasteiger partial charge on any atom is 0.338 e. The highest BCUT2D eigenvalue weighted by Gasteiger charge is 2.08. The quantitative estimate of drug-likeness (QED) is 0.458. The molecule has 0 heterocycles. The monoisotopic (exact) mass is 298 g/mol. The summed E-state index contributed by atoms with van der Waals surface area (Å²) < 4.78 is 4.90. The summed E-state index contributed by atoms with van der Waals surface area (Å²) in [6.07, 6.45) is 3.05. The average Bonchev–Trinajstić information content (AvgIpc) is 2.34. The topological polar surface area (TPSA) is 43.4 Å². The summed E-state index contributed by atoms with van der Waals surface area (Å²) in [7, 11) is 0. The van der Waals surface area contributed by atoms with E-state index in [1.165, 1.54) is 0 Å². The van der Waals surface area contributed by atoms with Crippen molar-refractivity contribution < 1.29 is 14.3 Å². The Morgan fingerprint density at radius 1 is 1.12 bits per heavy atom. The van der Waals surface area contributed by atoms with Gasteiger partial charge in [-0.1, -0.05) is 19.8 Å². The Bertz CT molecular complexity index is 384. The second kappa shape index (κ2) is 7.22. The molecular formula is C13H15BrO3. The smallest absolute Gasteiger partial charge is 0.338 e. The Morgan fingerprint density at radius 3 is 2.24 bits per heavy atom. The standard InChI is InChI=1S/C13H15BrO3/c1-2-3-4-9-17-13(16)11-7-5-10(6-8-11)12(14)15/h5-8H,2-4,9H2,1H3. The number of carbonyl (C=O) groups excluding carboxylic acids is 2. The molecule has 4 heteroatoms. The molecule has 0 fully saturated rings. The van der Waals surface area contributed by atoms with Crippen LogP contribution in [0.25, 0.3) is 0 Å². The van der Waals surface area contributed by atoms with Crippen LogP contribution in [0.1, 0.15) is 46.9 Å². The van der Waals surface area contributed by atoms with Crippen LogP contribution in [0, 0.1) is 0 Å². The number of esters is 1. The van der Waals surface area contributed by atoms with E-state index in [0.29, 0.717) is 17.7 Å². The third-order valence-electron chi connectivity index (χ3n) is 2.33. The normalized spacial score (nSPS) is 10.0. The van der Waals surface area contributed by atoms with E-state index in [4.69, 9.17) is 4.74 Å². The van der Waals surface area contributed by atoms with Crippen LogP contribution in [0.5, 0.6) is 0 Å². The summed E-state index contributed by atoms with van der Waals surface area (Å²) >= 11 is 2.85. The van der Waals surface area contributed by atoms with Gasteiger partial charge >= 0.3 is 5.97 Å². The van der Waals surface area contributed by atoms with Gasteiger partial charge in [0.1, 0.15) is 0 Å². The van der Waals surface area contributed by atoms with E-state index in [1.807, 2.05) is 0 Å². The summed E-state index contributed by atoms with van der Waals surface area (Å²) in [6, 6.07) is 6.38. The maximum absolute atomic E-state index is 11.6. The Labute approximate surface area is 109 Å². The molecule has 17 heavy (non-hydrogen) atoms. The van der Waals surface area contributed by atoms with Gasteiger partial charge in [-0.05, 0) is 46.6 Å². The molecule has 0 unspecified atom stereocenters. The molecule has 0 aromatic heterocycles. The van der Waals surface area contributed by atoms with Gasteiger partial charge in [0, 0.05) is 5.56 Å². The molecule has 0 radical (unpaired) electrons. The van der Waals surface area contributed by atoms with E-state index in [2.05, 4.69) is 22.9 Å². The van der Waals surface area contributed by atoms with Gasteiger partial charge in [-0.2, -0.15) is 0 Å². The van der Waals surface area contributed by atoms with Crippen molar-refractivity contribution in [2.75, 3.05) is 6.61 Å². The first kappa shape index (κ1) is 13.9. The number of hydrogen-bond acceptors (Lipinski definition) is 3. The van der Waals surface area contributed by atoms with E-state index >= 15 is 0 Å². The molecule has 0 saturated carbocycles. The largest absolute Gasteiger partial charge is 0.462 e. The zero-order valence-electron chi connectivity index (χ0n) is 9.74. The molecule has 1 rings (SSSR count). The Balaban J connectivity index is 2.49. The van der Waals surface area contributed by atoms with Crippen molar-refractivity contribution in [1.82, 2.24) is 0 Å². The van der Waals surface area contributed by atoms with Crippen LogP contribution in [0.3, 0.4) is 0 Å². The number of unbranched alkanes of at least 4 members (excludes halogenated alkanes) is 2. The minimum atomic E-state index is -0.338. The van der Waals surface area contributed by atoms with Gasteiger partial charge in [-0.3, -0.25) is 4.79 Å². The molecule has 0 aliphatic carbocycles. The lowest BCUT2D eigenvalue weighted by Gasteiger charge is -2.04. The minimum absolute atomic E-state index is 0.194. The number of halogens is 1. The van der Waals surface area contributed by atoms with Crippen molar-refractivity contribution in [3.05, 3.63) is 35.4 Å². The molecule has 1 aromatic carbocycles. The number of benzene rings is 1. The lowest BCUT2D eigenvalue weighted by molar-refractivity contribution is 0.0498. The Kier molecular flexibility index (Phi) is 5.91. The summed E-state index contributed by atoms with van der Waals surface area (Å²) in [5, 5.41) is 0. The summed E-state index contributed by atoms with van der Waals surface area (Å²) in [5.41, 5.74) is 0.992. The van der Waals surface area contributed by atoms with E-state index in [-0.39, 0.29) is 10.7 Å². The first-order chi connectivity index (χ1) is 8.15. The molecule has 0 spiro atoms. The number of carbonyl (C=O) groups is 2. The molecule has 0 bridgehead atoms. The number of hydrogen-bond donors (Lipinski definition) is 0. The highest BCUT2D eigenvalue weighted by Crippen LogP contribution is 2.09. The molecule has 0 atom stereocenters. The molecular weight excluding hydrogens is 284 g/mol. The van der Waals surface area contributed by atoms with Crippen LogP contribution in [0.15, 0.2) is 24.3 Å². The fraction of sp³-hybridized carbons (Fsp3) is 0.385. The van der Waals surface area contributed by atoms with Crippen molar-refractivity contribution >= 4 is 26.6 Å². The van der Waals surface area contributed by atoms with Gasteiger partial charge in [-0.25, -0.2) is 4.79 Å². The van der Waals surface area contributed by atoms with E-state index in [0.717, 1.165) is 19.3 Å². The third kappa shape index (κ3) is 4.69. The predicted molar refractivity (Wildman–Crippen MR) is 69.5 cm³/mol. The summed E-state index contributed by atoms with van der Waals surface area (Å²) in [5.74, 6) is -0.338. The fourth-order valence-corrected chi connectivity index (χ4v) is 1.60. The molecule has 3 nitrogen and oxygen atoms in total. The molecule has 92 valence electrons. The summed E-state index contributed by atoms with van der Waals surface area (Å²) in [6.45, 7) is 2.55. The van der Waals surface area contributed by atoms with Crippen molar-refractivity contribution in [2.24, 2.45) is 0 Å². The van der Waals surface area contributed by atoms with Crippen molar-refractivity contribution in [2.45, 2.75) is 26.2 Å². The van der Waals surface area contributed by atoms with Crippen molar-refractivity contribution in [1.29, 1.82) is 0 Å². The zero-order valence-corrected chi connectivity index (χ0v) is 11.3. The van der Waals surface area contributed by atoms with Crippen LogP contribution in [0.4, 0.5) is 0 Å². The average molecular weight is 299 g/mol. The van der Waals surface area contributed by atoms with Gasteiger partial charge in [0.2, 0.25) is 4.69 Å². The van der Waals surface area contributed by atoms with Gasteiger partial charge < -0.3 is 4.74 Å². The third-order valence-corrected chi connectivity index (χ3v) is 2.79. The van der Waals surface area contributed by atoms with E-state index in [9.17, 15) is 9.59 Å². The molecule has 0 saturated heterocycles. The van der Waals surface area contributed by atoms with Crippen molar-refractivity contribution in [3.8, 4) is 0 Å². The van der Waals surface area contributed by atoms with Gasteiger partial charge in [0.05, 0.1) is 12.2 Å². The molecule has 0 aliphatic rings. The molecule has 1 aromatic rings. The number of rotatable bonds is 6. The Morgan fingerprint density at radius 2 is 1.71 bits per heavy atom. The van der Waals surface area contributed by atoms with Crippen LogP contribution in [0.2, 0.25) is 0 Å². The van der Waals surface area contributed by atoms with Crippen LogP contribution in [-0.2, 0) is 4.74 Å². The molecule has 0 aliphatic heterocycles. The van der Waals surface area contributed by atoms with E-state index in [1.54, 1.807) is 24.3 Å². The van der Waals surface area contributed by atoms with E-state index < -0.39 is 0 Å². The molecule has 0 N–H and O–H groups in total. The van der Waals surface area contributed by atoms with Gasteiger partial charge in [0.15, 0.2) is 0 Å². The fourth-order valence-electron chi connectivity index (χ4n) is 1.34. The highest BCUT2D eigenvalue weighted by atomic mass is 79.9. The second-order valence-electron chi connectivity index (χ2n) is 3.69. The number of ether oxygens (including phenoxy) is 1. The van der Waals surface area contributed by atoms with Crippen LogP contribution in [-0.4, -0.2) is 17.3 Å². The van der Waals surface area contributed by atoms with Crippen molar-refractivity contribution in [3.63, 3.8) is 0 Å². The van der Waals surface area contributed by atoms with Gasteiger partial charge in [-0.15, -0.1) is 0 Å². The molecule has 0 amide bonds. The van der Waals surface area contributed by atoms with Gasteiger partial charge in [0.25, 0.3) is 0 Å². The lowest BCUT2D eigenvalue weighted by Crippen LogP contribution is -2.06. The highest BCUT2D eigenvalue weighted by molar-refractivity contribution is 9.18. The predicted octanol–water partition coefficient (Wildman–Crippen LogP) is 3.57. The minimum Gasteiger partial charge on any atom is -0.462 e. The van der Waals surface area contributed by atoms with Crippen LogP contribution >= 0.6 is 15.9 Å². The first-order valence-electron chi connectivity index (χ1n) is 5.62. The summed E-state index contributed by atoms with van der Waals surface area (Å²) in [4.78, 5) is 22.5. The lowest BCUT2D eigenvalue weighted by atomic mass is 10.1. The second-order valence-corrected chi connectivity index (χ2v) is 4.41. The SMILES string of the molecule is CCCCCOC(=O)c1ccc(C(=O)Br)cc1. The Hall–Kier alpha value is -1.16. The van der Waals surface area contributed by atoms with Crippen LogP contribution < -0.4 is 0 Å². The first-order valence-corrected chi connectivity index (χ1v) is 6.41. The maximum atomic E-state index is 11.6.